The molecule has 0 atom stereocenters. The maximum absolute atomic E-state index is 11.6. The highest BCUT2D eigenvalue weighted by molar-refractivity contribution is 5.78. The molecule has 3 heteroatoms. The number of likely N-dealkylation sites (N-methyl/N-ethyl adjacent to an activating group) is 1. The molecule has 0 saturated heterocycles. The van der Waals surface area contributed by atoms with Crippen LogP contribution in [0, 0.1) is 0 Å². The van der Waals surface area contributed by atoms with Crippen LogP contribution in [0.3, 0.4) is 0 Å². The zero-order valence-electron chi connectivity index (χ0n) is 10.8. The maximum atomic E-state index is 11.6. The van der Waals surface area contributed by atoms with Gasteiger partial charge in [0.1, 0.15) is 0 Å². The second kappa shape index (κ2) is 7.85. The molecule has 0 bridgehead atoms. The Hall–Kier alpha value is -1.35. The van der Waals surface area contributed by atoms with Crippen LogP contribution in [0.5, 0.6) is 0 Å². The van der Waals surface area contributed by atoms with E-state index in [9.17, 15) is 4.79 Å². The van der Waals surface area contributed by atoms with Crippen LogP contribution in [0.1, 0.15) is 25.0 Å². The van der Waals surface area contributed by atoms with Crippen molar-refractivity contribution in [2.24, 2.45) is 0 Å². The maximum Gasteiger partial charge on any atom is 0.224 e. The molecule has 0 unspecified atom stereocenters. The third-order valence-corrected chi connectivity index (χ3v) is 2.67. The van der Waals surface area contributed by atoms with E-state index in [-0.39, 0.29) is 5.91 Å². The number of carbonyl (C=O) groups excluding carboxylic acids is 1. The first kappa shape index (κ1) is 13.7. The van der Waals surface area contributed by atoms with E-state index in [2.05, 4.69) is 36.6 Å². The number of hydrogen-bond acceptors (Lipinski definition) is 2. The van der Waals surface area contributed by atoms with Crippen LogP contribution in [0.2, 0.25) is 0 Å². The van der Waals surface area contributed by atoms with Crippen molar-refractivity contribution in [2.45, 2.75) is 26.7 Å². The molecule has 0 aliphatic rings. The average Bonchev–Trinajstić information content (AvgIpc) is 2.36. The molecule has 1 aromatic carbocycles. The zero-order chi connectivity index (χ0) is 12.5. The number of aryl methyl sites for hydroxylation is 1. The predicted molar refractivity (Wildman–Crippen MR) is 71.1 cm³/mol. The fourth-order valence-corrected chi connectivity index (χ4v) is 1.61. The third kappa shape index (κ3) is 5.50. The molecule has 0 fully saturated rings. The summed E-state index contributed by atoms with van der Waals surface area (Å²) < 4.78 is 0. The summed E-state index contributed by atoms with van der Waals surface area (Å²) in [5.74, 6) is 0.0900. The van der Waals surface area contributed by atoms with Crippen molar-refractivity contribution >= 4 is 5.91 Å². The number of amides is 1. The van der Waals surface area contributed by atoms with Gasteiger partial charge in [-0.2, -0.15) is 0 Å². The van der Waals surface area contributed by atoms with Crippen LogP contribution in [-0.2, 0) is 17.6 Å². The molecule has 0 aliphatic heterocycles. The molecule has 2 N–H and O–H groups in total. The van der Waals surface area contributed by atoms with E-state index in [1.807, 2.05) is 12.1 Å². The summed E-state index contributed by atoms with van der Waals surface area (Å²) in [6.45, 7) is 6.64. The van der Waals surface area contributed by atoms with Gasteiger partial charge in [0.05, 0.1) is 6.42 Å². The second-order valence-electron chi connectivity index (χ2n) is 4.05. The summed E-state index contributed by atoms with van der Waals surface area (Å²) >= 11 is 0. The van der Waals surface area contributed by atoms with Crippen LogP contribution >= 0.6 is 0 Å². The Labute approximate surface area is 104 Å². The Morgan fingerprint density at radius 1 is 1.06 bits per heavy atom. The van der Waals surface area contributed by atoms with Gasteiger partial charge in [0, 0.05) is 13.1 Å². The largest absolute Gasteiger partial charge is 0.355 e. The first-order valence-electron chi connectivity index (χ1n) is 6.31. The smallest absolute Gasteiger partial charge is 0.224 e. The van der Waals surface area contributed by atoms with Crippen LogP contribution in [-0.4, -0.2) is 25.5 Å². The molecule has 0 saturated carbocycles. The first-order valence-corrected chi connectivity index (χ1v) is 6.31. The van der Waals surface area contributed by atoms with E-state index in [4.69, 9.17) is 0 Å². The number of rotatable bonds is 7. The Bertz CT molecular complexity index is 333. The number of benzene rings is 1. The Morgan fingerprint density at radius 2 is 1.71 bits per heavy atom. The molecular weight excluding hydrogens is 212 g/mol. The summed E-state index contributed by atoms with van der Waals surface area (Å²) in [5.41, 5.74) is 2.38. The summed E-state index contributed by atoms with van der Waals surface area (Å²) in [4.78, 5) is 11.6. The van der Waals surface area contributed by atoms with Gasteiger partial charge in [-0.1, -0.05) is 38.1 Å². The standard InChI is InChI=1S/C14H22N2O/c1-3-12-5-7-13(8-6-12)11-14(17)16-10-9-15-4-2/h5-8,15H,3-4,9-11H2,1-2H3,(H,16,17). The predicted octanol–water partition coefficient (Wildman–Crippen LogP) is 1.52. The quantitative estimate of drug-likeness (QED) is 0.702. The molecule has 1 rings (SSSR count). The molecule has 94 valence electrons. The van der Waals surface area contributed by atoms with E-state index in [1.54, 1.807) is 0 Å². The van der Waals surface area contributed by atoms with Crippen LogP contribution in [0.15, 0.2) is 24.3 Å². The van der Waals surface area contributed by atoms with Crippen molar-refractivity contribution in [3.63, 3.8) is 0 Å². The van der Waals surface area contributed by atoms with Gasteiger partial charge < -0.3 is 10.6 Å². The highest BCUT2D eigenvalue weighted by Crippen LogP contribution is 2.05. The normalized spacial score (nSPS) is 10.2. The SMILES string of the molecule is CCNCCNC(=O)Cc1ccc(CC)cc1. The summed E-state index contributed by atoms with van der Waals surface area (Å²) in [6, 6.07) is 8.23. The van der Waals surface area contributed by atoms with Crippen molar-refractivity contribution in [1.29, 1.82) is 0 Å². The van der Waals surface area contributed by atoms with E-state index in [0.29, 0.717) is 13.0 Å². The van der Waals surface area contributed by atoms with E-state index < -0.39 is 0 Å². The van der Waals surface area contributed by atoms with E-state index in [0.717, 1.165) is 25.1 Å². The fourth-order valence-electron chi connectivity index (χ4n) is 1.61. The molecule has 17 heavy (non-hydrogen) atoms. The topological polar surface area (TPSA) is 41.1 Å². The minimum absolute atomic E-state index is 0.0900. The molecule has 0 aliphatic carbocycles. The van der Waals surface area contributed by atoms with Gasteiger partial charge in [0.15, 0.2) is 0 Å². The molecule has 0 heterocycles. The van der Waals surface area contributed by atoms with Gasteiger partial charge in [0.2, 0.25) is 5.91 Å². The molecule has 3 nitrogen and oxygen atoms in total. The van der Waals surface area contributed by atoms with Crippen molar-refractivity contribution in [2.75, 3.05) is 19.6 Å². The lowest BCUT2D eigenvalue weighted by Gasteiger charge is -2.06. The molecule has 0 spiro atoms. The third-order valence-electron chi connectivity index (χ3n) is 2.67. The average molecular weight is 234 g/mol. The molecular formula is C14H22N2O. The zero-order valence-corrected chi connectivity index (χ0v) is 10.8. The monoisotopic (exact) mass is 234 g/mol. The lowest BCUT2D eigenvalue weighted by Crippen LogP contribution is -2.32. The summed E-state index contributed by atoms with van der Waals surface area (Å²) in [6.07, 6.45) is 1.51. The van der Waals surface area contributed by atoms with Crippen molar-refractivity contribution in [1.82, 2.24) is 10.6 Å². The van der Waals surface area contributed by atoms with Crippen molar-refractivity contribution in [3.05, 3.63) is 35.4 Å². The van der Waals surface area contributed by atoms with Crippen LogP contribution in [0.25, 0.3) is 0 Å². The minimum atomic E-state index is 0.0900. The van der Waals surface area contributed by atoms with Gasteiger partial charge in [-0.25, -0.2) is 0 Å². The molecule has 0 aromatic heterocycles. The Kier molecular flexibility index (Phi) is 6.33. The fraction of sp³-hybridized carbons (Fsp3) is 0.500. The lowest BCUT2D eigenvalue weighted by molar-refractivity contribution is -0.120. The van der Waals surface area contributed by atoms with Gasteiger partial charge in [-0.3, -0.25) is 4.79 Å². The summed E-state index contributed by atoms with van der Waals surface area (Å²) in [7, 11) is 0. The van der Waals surface area contributed by atoms with Crippen molar-refractivity contribution < 1.29 is 4.79 Å². The lowest BCUT2D eigenvalue weighted by atomic mass is 10.1. The second-order valence-corrected chi connectivity index (χ2v) is 4.05. The highest BCUT2D eigenvalue weighted by Gasteiger charge is 2.02. The molecule has 1 aromatic rings. The Morgan fingerprint density at radius 3 is 2.29 bits per heavy atom. The molecule has 0 radical (unpaired) electrons. The minimum Gasteiger partial charge on any atom is -0.355 e. The highest BCUT2D eigenvalue weighted by atomic mass is 16.1. The van der Waals surface area contributed by atoms with Gasteiger partial charge in [-0.05, 0) is 24.1 Å². The van der Waals surface area contributed by atoms with Crippen molar-refractivity contribution in [3.8, 4) is 0 Å². The molecule has 1 amide bonds. The van der Waals surface area contributed by atoms with Crippen LogP contribution < -0.4 is 10.6 Å². The number of hydrogen-bond donors (Lipinski definition) is 2. The Balaban J connectivity index is 2.29. The van der Waals surface area contributed by atoms with Gasteiger partial charge >= 0.3 is 0 Å². The van der Waals surface area contributed by atoms with Crippen LogP contribution in [0.4, 0.5) is 0 Å². The first-order chi connectivity index (χ1) is 8.26. The number of carbonyl (C=O) groups is 1. The number of nitrogens with one attached hydrogen (secondary N) is 2. The van der Waals surface area contributed by atoms with Gasteiger partial charge in [0.25, 0.3) is 0 Å². The van der Waals surface area contributed by atoms with E-state index in [1.165, 1.54) is 5.56 Å². The van der Waals surface area contributed by atoms with Gasteiger partial charge in [-0.15, -0.1) is 0 Å². The summed E-state index contributed by atoms with van der Waals surface area (Å²) in [5, 5.41) is 6.06. The van der Waals surface area contributed by atoms with E-state index >= 15 is 0 Å².